The fourth-order valence-corrected chi connectivity index (χ4v) is 2.39. The van der Waals surface area contributed by atoms with Gasteiger partial charge in [-0.15, -0.1) is 0 Å². The SMILES string of the molecule is CC1=NN(C(=O)c2ccc(C(C)(C)C)cc2)C(O)(C(F)(F)F)C1. The van der Waals surface area contributed by atoms with Crippen LogP contribution < -0.4 is 0 Å². The lowest BCUT2D eigenvalue weighted by Gasteiger charge is -2.32. The van der Waals surface area contributed by atoms with Gasteiger partial charge in [-0.2, -0.15) is 23.3 Å². The van der Waals surface area contributed by atoms with E-state index in [1.54, 1.807) is 12.1 Å². The van der Waals surface area contributed by atoms with Crippen LogP contribution in [0.5, 0.6) is 0 Å². The van der Waals surface area contributed by atoms with E-state index in [9.17, 15) is 23.1 Å². The van der Waals surface area contributed by atoms with Crippen LogP contribution in [0.1, 0.15) is 50.0 Å². The topological polar surface area (TPSA) is 52.9 Å². The largest absolute Gasteiger partial charge is 0.438 e. The van der Waals surface area contributed by atoms with Crippen molar-refractivity contribution in [3.05, 3.63) is 35.4 Å². The van der Waals surface area contributed by atoms with Gasteiger partial charge in [0.05, 0.1) is 0 Å². The molecule has 0 spiro atoms. The van der Waals surface area contributed by atoms with E-state index < -0.39 is 24.2 Å². The molecule has 1 atom stereocenters. The third-order valence-corrected chi connectivity index (χ3v) is 3.77. The molecule has 23 heavy (non-hydrogen) atoms. The van der Waals surface area contributed by atoms with E-state index in [1.807, 2.05) is 20.8 Å². The van der Waals surface area contributed by atoms with Gasteiger partial charge in [-0.05, 0) is 30.0 Å². The Labute approximate surface area is 132 Å². The van der Waals surface area contributed by atoms with Gasteiger partial charge in [0.25, 0.3) is 11.6 Å². The molecule has 0 saturated carbocycles. The van der Waals surface area contributed by atoms with Gasteiger partial charge in [-0.1, -0.05) is 32.9 Å². The molecule has 126 valence electrons. The number of hydrogen-bond acceptors (Lipinski definition) is 3. The molecule has 1 amide bonds. The second-order valence-electron chi connectivity index (χ2n) is 6.77. The predicted molar refractivity (Wildman–Crippen MR) is 80.0 cm³/mol. The van der Waals surface area contributed by atoms with E-state index in [0.29, 0.717) is 0 Å². The van der Waals surface area contributed by atoms with Gasteiger partial charge in [0.1, 0.15) is 0 Å². The third-order valence-electron chi connectivity index (χ3n) is 3.77. The van der Waals surface area contributed by atoms with Gasteiger partial charge in [0, 0.05) is 17.7 Å². The zero-order chi connectivity index (χ0) is 17.6. The van der Waals surface area contributed by atoms with Crippen molar-refractivity contribution in [1.29, 1.82) is 0 Å². The van der Waals surface area contributed by atoms with Crippen molar-refractivity contribution in [2.24, 2.45) is 5.10 Å². The summed E-state index contributed by atoms with van der Waals surface area (Å²) in [7, 11) is 0. The Bertz CT molecular complexity index is 645. The van der Waals surface area contributed by atoms with E-state index in [2.05, 4.69) is 5.10 Å². The van der Waals surface area contributed by atoms with Crippen molar-refractivity contribution >= 4 is 11.6 Å². The lowest BCUT2D eigenvalue weighted by Crippen LogP contribution is -2.56. The van der Waals surface area contributed by atoms with Crippen molar-refractivity contribution in [3.63, 3.8) is 0 Å². The van der Waals surface area contributed by atoms with Gasteiger partial charge in [-0.25, -0.2) is 0 Å². The number of amides is 1. The number of hydrogen-bond donors (Lipinski definition) is 1. The molecule has 0 saturated heterocycles. The minimum atomic E-state index is -4.99. The number of halogens is 3. The lowest BCUT2D eigenvalue weighted by molar-refractivity contribution is -0.297. The highest BCUT2D eigenvalue weighted by atomic mass is 19.4. The summed E-state index contributed by atoms with van der Waals surface area (Å²) in [5.74, 6) is -0.984. The highest BCUT2D eigenvalue weighted by molar-refractivity contribution is 5.97. The van der Waals surface area contributed by atoms with Crippen LogP contribution in [0.25, 0.3) is 0 Å². The molecular weight excluding hydrogens is 309 g/mol. The van der Waals surface area contributed by atoms with E-state index in [-0.39, 0.29) is 21.7 Å². The first-order valence-electron chi connectivity index (χ1n) is 7.14. The first kappa shape index (κ1) is 17.5. The van der Waals surface area contributed by atoms with Gasteiger partial charge in [-0.3, -0.25) is 4.79 Å². The average molecular weight is 328 g/mol. The average Bonchev–Trinajstić information content (AvgIpc) is 2.73. The van der Waals surface area contributed by atoms with E-state index in [0.717, 1.165) is 5.56 Å². The molecule has 1 aliphatic rings. The molecule has 4 nitrogen and oxygen atoms in total. The number of aliphatic hydroxyl groups is 1. The standard InChI is InChI=1S/C16H19F3N2O2/c1-10-9-15(23,16(17,18)19)21(20-10)13(22)11-5-7-12(8-6-11)14(2,3)4/h5-8,23H,9H2,1-4H3. The summed E-state index contributed by atoms with van der Waals surface area (Å²) in [6.45, 7) is 7.30. The molecular formula is C16H19F3N2O2. The zero-order valence-electron chi connectivity index (χ0n) is 13.4. The lowest BCUT2D eigenvalue weighted by atomic mass is 9.86. The van der Waals surface area contributed by atoms with Crippen LogP contribution in [-0.2, 0) is 5.41 Å². The third kappa shape index (κ3) is 3.10. The summed E-state index contributed by atoms with van der Waals surface area (Å²) in [4.78, 5) is 12.4. The first-order valence-corrected chi connectivity index (χ1v) is 7.14. The van der Waals surface area contributed by atoms with Crippen LogP contribution in [-0.4, -0.2) is 33.6 Å². The Morgan fingerprint density at radius 2 is 1.74 bits per heavy atom. The van der Waals surface area contributed by atoms with Gasteiger partial charge in [0.2, 0.25) is 0 Å². The highest BCUT2D eigenvalue weighted by Gasteiger charge is 2.62. The maximum atomic E-state index is 13.1. The maximum Gasteiger partial charge on any atom is 0.438 e. The molecule has 1 aromatic rings. The van der Waals surface area contributed by atoms with Crippen molar-refractivity contribution in [2.45, 2.75) is 51.4 Å². The van der Waals surface area contributed by atoms with Crippen LogP contribution in [0.15, 0.2) is 29.4 Å². The predicted octanol–water partition coefficient (Wildman–Crippen LogP) is 3.46. The number of carbonyl (C=O) groups is 1. The summed E-state index contributed by atoms with van der Waals surface area (Å²) < 4.78 is 39.4. The molecule has 0 radical (unpaired) electrons. The number of alkyl halides is 3. The van der Waals surface area contributed by atoms with Crippen LogP contribution in [0.3, 0.4) is 0 Å². The quantitative estimate of drug-likeness (QED) is 0.858. The van der Waals surface area contributed by atoms with Crippen molar-refractivity contribution in [2.75, 3.05) is 0 Å². The van der Waals surface area contributed by atoms with Crippen LogP contribution in [0, 0.1) is 0 Å². The molecule has 0 fully saturated rings. The van der Waals surface area contributed by atoms with Gasteiger partial charge >= 0.3 is 6.18 Å². The molecule has 1 unspecified atom stereocenters. The molecule has 7 heteroatoms. The minimum absolute atomic E-state index is 0.0409. The Morgan fingerprint density at radius 1 is 1.22 bits per heavy atom. The normalized spacial score (nSPS) is 22.3. The summed E-state index contributed by atoms with van der Waals surface area (Å²) in [5, 5.41) is 13.7. The summed E-state index contributed by atoms with van der Waals surface area (Å²) in [6.07, 6.45) is -5.74. The number of rotatable bonds is 1. The summed E-state index contributed by atoms with van der Waals surface area (Å²) >= 11 is 0. The molecule has 1 N–H and O–H groups in total. The second-order valence-corrected chi connectivity index (χ2v) is 6.77. The van der Waals surface area contributed by atoms with Crippen LogP contribution in [0.4, 0.5) is 13.2 Å². The second kappa shape index (κ2) is 5.33. The zero-order valence-corrected chi connectivity index (χ0v) is 13.4. The summed E-state index contributed by atoms with van der Waals surface area (Å²) in [6, 6.07) is 6.27. The van der Waals surface area contributed by atoms with Gasteiger partial charge < -0.3 is 5.11 Å². The van der Waals surface area contributed by atoms with E-state index in [1.165, 1.54) is 19.1 Å². The van der Waals surface area contributed by atoms with Crippen molar-refractivity contribution < 1.29 is 23.1 Å². The number of nitrogens with zero attached hydrogens (tertiary/aromatic N) is 2. The molecule has 1 aromatic carbocycles. The number of hydrazone groups is 1. The molecule has 0 bridgehead atoms. The van der Waals surface area contributed by atoms with E-state index >= 15 is 0 Å². The molecule has 0 aromatic heterocycles. The summed E-state index contributed by atoms with van der Waals surface area (Å²) in [5.41, 5.74) is -2.40. The fraction of sp³-hybridized carbons (Fsp3) is 0.500. The fourth-order valence-electron chi connectivity index (χ4n) is 2.39. The minimum Gasteiger partial charge on any atom is -0.362 e. The Hall–Kier alpha value is -1.89. The smallest absolute Gasteiger partial charge is 0.362 e. The van der Waals surface area contributed by atoms with Crippen molar-refractivity contribution in [1.82, 2.24) is 5.01 Å². The van der Waals surface area contributed by atoms with Gasteiger partial charge in [0.15, 0.2) is 0 Å². The van der Waals surface area contributed by atoms with Crippen LogP contribution in [0.2, 0.25) is 0 Å². The first-order chi connectivity index (χ1) is 10.4. The maximum absolute atomic E-state index is 13.1. The highest BCUT2D eigenvalue weighted by Crippen LogP contribution is 2.40. The Kier molecular flexibility index (Phi) is 4.05. The van der Waals surface area contributed by atoms with Crippen LogP contribution >= 0.6 is 0 Å². The Balaban J connectivity index is 2.36. The molecule has 1 aliphatic heterocycles. The monoisotopic (exact) mass is 328 g/mol. The number of benzene rings is 1. The van der Waals surface area contributed by atoms with E-state index in [4.69, 9.17) is 0 Å². The number of carbonyl (C=O) groups excluding carboxylic acids is 1. The molecule has 1 heterocycles. The molecule has 0 aliphatic carbocycles. The molecule has 2 rings (SSSR count). The van der Waals surface area contributed by atoms with Crippen molar-refractivity contribution in [3.8, 4) is 0 Å². The Morgan fingerprint density at radius 3 is 2.17 bits per heavy atom.